The number of fused-ring (bicyclic) bond motifs is 1. The highest BCUT2D eigenvalue weighted by atomic mass is 35.5. The van der Waals surface area contributed by atoms with Gasteiger partial charge in [-0.25, -0.2) is 4.98 Å². The van der Waals surface area contributed by atoms with Gasteiger partial charge in [0.2, 0.25) is 11.7 Å². The summed E-state index contributed by atoms with van der Waals surface area (Å²) in [6, 6.07) is 12.3. The third kappa shape index (κ3) is 4.03. The zero-order valence-electron chi connectivity index (χ0n) is 15.6. The monoisotopic (exact) mass is 446 g/mol. The summed E-state index contributed by atoms with van der Waals surface area (Å²) >= 11 is 13.6. The van der Waals surface area contributed by atoms with E-state index in [9.17, 15) is 4.79 Å². The van der Waals surface area contributed by atoms with Crippen LogP contribution in [0, 0.1) is 0 Å². The molecule has 0 spiro atoms. The quantitative estimate of drug-likeness (QED) is 0.292. The zero-order chi connectivity index (χ0) is 20.5. The van der Waals surface area contributed by atoms with Gasteiger partial charge < -0.3 is 4.52 Å². The topological polar surface area (TPSA) is 73.8 Å². The number of rotatable bonds is 5. The Labute approximate surface area is 180 Å². The molecule has 9 heteroatoms. The molecule has 0 amide bonds. The minimum atomic E-state index is -0.105. The minimum absolute atomic E-state index is 0.0565. The van der Waals surface area contributed by atoms with Gasteiger partial charge in [0.1, 0.15) is 0 Å². The number of thioether (sulfide) groups is 1. The van der Waals surface area contributed by atoms with Crippen molar-refractivity contribution < 1.29 is 4.52 Å². The van der Waals surface area contributed by atoms with Crippen molar-refractivity contribution in [3.8, 4) is 11.4 Å². The molecular formula is C20H16Cl2N4O2S. The van der Waals surface area contributed by atoms with Crippen molar-refractivity contribution in [3.05, 3.63) is 68.8 Å². The van der Waals surface area contributed by atoms with Crippen LogP contribution in [0.4, 0.5) is 0 Å². The van der Waals surface area contributed by atoms with Gasteiger partial charge in [0, 0.05) is 16.6 Å². The van der Waals surface area contributed by atoms with Crippen molar-refractivity contribution in [1.29, 1.82) is 0 Å². The summed E-state index contributed by atoms with van der Waals surface area (Å²) in [7, 11) is 0. The van der Waals surface area contributed by atoms with Crippen LogP contribution in [0.15, 0.2) is 56.9 Å². The van der Waals surface area contributed by atoms with E-state index in [4.69, 9.17) is 27.7 Å². The molecule has 0 atom stereocenters. The van der Waals surface area contributed by atoms with Crippen molar-refractivity contribution in [1.82, 2.24) is 19.7 Å². The summed E-state index contributed by atoms with van der Waals surface area (Å²) in [6.07, 6.45) is 0. The van der Waals surface area contributed by atoms with Gasteiger partial charge in [0.25, 0.3) is 5.56 Å². The summed E-state index contributed by atoms with van der Waals surface area (Å²) in [5.41, 5.74) is 1.15. The molecule has 4 rings (SSSR count). The molecule has 0 unspecified atom stereocenters. The summed E-state index contributed by atoms with van der Waals surface area (Å²) in [4.78, 5) is 22.0. The first-order valence-electron chi connectivity index (χ1n) is 8.86. The molecule has 0 aliphatic carbocycles. The largest absolute Gasteiger partial charge is 0.338 e. The van der Waals surface area contributed by atoms with E-state index in [2.05, 4.69) is 15.1 Å². The predicted octanol–water partition coefficient (Wildman–Crippen LogP) is 5.63. The van der Waals surface area contributed by atoms with Crippen LogP contribution in [0.2, 0.25) is 10.0 Å². The van der Waals surface area contributed by atoms with Crippen molar-refractivity contribution >= 4 is 45.9 Å². The summed E-state index contributed by atoms with van der Waals surface area (Å²) in [6.45, 7) is 3.88. The molecule has 2 aromatic heterocycles. The molecule has 0 aliphatic heterocycles. The van der Waals surface area contributed by atoms with Gasteiger partial charge in [0.05, 0.1) is 21.7 Å². The van der Waals surface area contributed by atoms with Gasteiger partial charge in [-0.05, 0) is 44.2 Å². The molecule has 6 nitrogen and oxygen atoms in total. The summed E-state index contributed by atoms with van der Waals surface area (Å²) in [5, 5.41) is 6.19. The normalized spacial score (nSPS) is 11.5. The Hall–Kier alpha value is -2.35. The molecule has 0 aliphatic rings. The van der Waals surface area contributed by atoms with Crippen LogP contribution in [0.3, 0.4) is 0 Å². The van der Waals surface area contributed by atoms with E-state index in [0.717, 1.165) is 0 Å². The fourth-order valence-electron chi connectivity index (χ4n) is 2.90. The second kappa shape index (κ2) is 8.18. The Bertz CT molecular complexity index is 1250. The van der Waals surface area contributed by atoms with E-state index < -0.39 is 0 Å². The molecule has 0 N–H and O–H groups in total. The lowest BCUT2D eigenvalue weighted by molar-refractivity contribution is 0.391. The smallest absolute Gasteiger partial charge is 0.262 e. The Kier molecular flexibility index (Phi) is 5.63. The highest BCUT2D eigenvalue weighted by Gasteiger charge is 2.17. The minimum Gasteiger partial charge on any atom is -0.338 e. The highest BCUT2D eigenvalue weighted by Crippen LogP contribution is 2.28. The summed E-state index contributed by atoms with van der Waals surface area (Å²) in [5.74, 6) is 1.20. The lowest BCUT2D eigenvalue weighted by atomic mass is 10.2. The molecule has 148 valence electrons. The molecule has 0 saturated carbocycles. The number of hydrogen-bond donors (Lipinski definition) is 0. The fourth-order valence-corrected chi connectivity index (χ4v) is 4.25. The van der Waals surface area contributed by atoms with Crippen molar-refractivity contribution in [2.45, 2.75) is 30.8 Å². The van der Waals surface area contributed by atoms with Gasteiger partial charge in [-0.15, -0.1) is 0 Å². The van der Waals surface area contributed by atoms with E-state index in [-0.39, 0.29) is 11.6 Å². The second-order valence-corrected chi connectivity index (χ2v) is 8.39. The number of nitrogens with zero attached hydrogens (tertiary/aromatic N) is 4. The van der Waals surface area contributed by atoms with Gasteiger partial charge in [-0.2, -0.15) is 4.98 Å². The van der Waals surface area contributed by atoms with E-state index in [1.54, 1.807) is 28.8 Å². The van der Waals surface area contributed by atoms with Crippen LogP contribution in [0.5, 0.6) is 0 Å². The van der Waals surface area contributed by atoms with Crippen LogP contribution in [-0.4, -0.2) is 19.7 Å². The van der Waals surface area contributed by atoms with Gasteiger partial charge in [-0.1, -0.05) is 52.3 Å². The lowest BCUT2D eigenvalue weighted by Gasteiger charge is -2.15. The van der Waals surface area contributed by atoms with Crippen LogP contribution in [-0.2, 0) is 5.75 Å². The molecule has 0 saturated heterocycles. The van der Waals surface area contributed by atoms with Gasteiger partial charge in [-0.3, -0.25) is 9.36 Å². The third-order valence-electron chi connectivity index (χ3n) is 4.26. The maximum Gasteiger partial charge on any atom is 0.262 e. The highest BCUT2D eigenvalue weighted by molar-refractivity contribution is 7.98. The number of hydrogen-bond acceptors (Lipinski definition) is 6. The second-order valence-electron chi connectivity index (χ2n) is 6.60. The molecule has 0 fully saturated rings. The molecule has 0 bridgehead atoms. The Morgan fingerprint density at radius 2 is 1.93 bits per heavy atom. The van der Waals surface area contributed by atoms with Crippen molar-refractivity contribution in [3.63, 3.8) is 0 Å². The maximum atomic E-state index is 12.9. The van der Waals surface area contributed by atoms with Gasteiger partial charge in [0.15, 0.2) is 5.16 Å². The first-order chi connectivity index (χ1) is 13.9. The first-order valence-corrected chi connectivity index (χ1v) is 10.6. The van der Waals surface area contributed by atoms with Crippen molar-refractivity contribution in [2.75, 3.05) is 0 Å². The van der Waals surface area contributed by atoms with Crippen LogP contribution >= 0.6 is 35.0 Å². The van der Waals surface area contributed by atoms with E-state index in [0.29, 0.717) is 49.1 Å². The molecule has 29 heavy (non-hydrogen) atoms. The van der Waals surface area contributed by atoms with Gasteiger partial charge >= 0.3 is 0 Å². The van der Waals surface area contributed by atoms with Crippen LogP contribution in [0.1, 0.15) is 25.8 Å². The predicted molar refractivity (Wildman–Crippen MR) is 116 cm³/mol. The Morgan fingerprint density at radius 3 is 2.69 bits per heavy atom. The number of aromatic nitrogens is 4. The average Bonchev–Trinajstić information content (AvgIpc) is 3.15. The molecular weight excluding hydrogens is 431 g/mol. The lowest BCUT2D eigenvalue weighted by Crippen LogP contribution is -2.25. The van der Waals surface area contributed by atoms with Crippen LogP contribution in [0.25, 0.3) is 22.3 Å². The Balaban J connectivity index is 1.66. The number of halogens is 2. The zero-order valence-corrected chi connectivity index (χ0v) is 17.9. The molecule has 4 aromatic rings. The standard InChI is InChI=1S/C20H16Cl2N4O2S/c1-11(2)26-19(27)14-8-7-12(21)9-16(14)23-20(26)29-10-17-24-18(25-28-17)13-5-3-4-6-15(13)22/h3-9,11H,10H2,1-2H3. The molecule has 2 aromatic carbocycles. The SMILES string of the molecule is CC(C)n1c(SCc2nc(-c3ccccc3Cl)no2)nc2cc(Cl)ccc2c1=O. The third-order valence-corrected chi connectivity index (χ3v) is 5.76. The van der Waals surface area contributed by atoms with Crippen molar-refractivity contribution in [2.24, 2.45) is 0 Å². The Morgan fingerprint density at radius 1 is 1.14 bits per heavy atom. The van der Waals surface area contributed by atoms with E-state index in [1.165, 1.54) is 11.8 Å². The summed E-state index contributed by atoms with van der Waals surface area (Å²) < 4.78 is 7.02. The number of benzene rings is 2. The maximum absolute atomic E-state index is 12.9. The fraction of sp³-hybridized carbons (Fsp3) is 0.200. The molecule has 2 heterocycles. The average molecular weight is 447 g/mol. The van der Waals surface area contributed by atoms with E-state index in [1.807, 2.05) is 32.0 Å². The van der Waals surface area contributed by atoms with E-state index >= 15 is 0 Å². The molecule has 0 radical (unpaired) electrons. The first kappa shape index (κ1) is 19.9. The van der Waals surface area contributed by atoms with Crippen LogP contribution < -0.4 is 5.56 Å².